The maximum Gasteiger partial charge on any atom is 0.325 e. The third kappa shape index (κ3) is 6.54. The summed E-state index contributed by atoms with van der Waals surface area (Å²) in [6.07, 6.45) is 0. The van der Waals surface area contributed by atoms with Crippen molar-refractivity contribution in [2.24, 2.45) is 4.99 Å². The van der Waals surface area contributed by atoms with E-state index in [9.17, 15) is 24.5 Å². The molecule has 37 heavy (non-hydrogen) atoms. The summed E-state index contributed by atoms with van der Waals surface area (Å²) in [5.41, 5.74) is 1.57. The van der Waals surface area contributed by atoms with Gasteiger partial charge in [0, 0.05) is 44.0 Å². The highest BCUT2D eigenvalue weighted by molar-refractivity contribution is 8.00. The van der Waals surface area contributed by atoms with Crippen molar-refractivity contribution in [3.8, 4) is 0 Å². The van der Waals surface area contributed by atoms with E-state index < -0.39 is 16.8 Å². The molecule has 2 aromatic carbocycles. The summed E-state index contributed by atoms with van der Waals surface area (Å²) >= 11 is 2.25. The predicted molar refractivity (Wildman–Crippen MR) is 142 cm³/mol. The van der Waals surface area contributed by atoms with Crippen LogP contribution in [0.15, 0.2) is 53.5 Å². The number of nitro groups is 1. The number of aromatic nitrogens is 1. The number of rotatable bonds is 8. The Bertz CT molecular complexity index is 1380. The number of hydrogen-bond donors (Lipinski definition) is 0. The molecule has 1 aliphatic rings. The van der Waals surface area contributed by atoms with Crippen LogP contribution in [0.25, 0.3) is 10.2 Å². The first-order valence-electron chi connectivity index (χ1n) is 11.4. The minimum atomic E-state index is -0.542. The molecule has 2 amide bonds. The summed E-state index contributed by atoms with van der Waals surface area (Å²) in [6, 6.07) is 14.3. The molecule has 0 bridgehead atoms. The number of para-hydroxylation sites is 1. The van der Waals surface area contributed by atoms with Gasteiger partial charge >= 0.3 is 5.97 Å². The number of nitro benzene ring substituents is 1. The van der Waals surface area contributed by atoms with Gasteiger partial charge in [-0.05, 0) is 18.2 Å². The molecule has 3 aromatic rings. The van der Waals surface area contributed by atoms with Crippen LogP contribution in [0.2, 0.25) is 0 Å². The summed E-state index contributed by atoms with van der Waals surface area (Å²) < 4.78 is 6.75. The zero-order chi connectivity index (χ0) is 26.4. The third-order valence-electron chi connectivity index (χ3n) is 5.82. The lowest BCUT2D eigenvalue weighted by atomic mass is 10.2. The van der Waals surface area contributed by atoms with Gasteiger partial charge in [-0.15, -0.1) is 11.8 Å². The fourth-order valence-electron chi connectivity index (χ4n) is 3.92. The molecular weight excluding hydrogens is 518 g/mol. The molecule has 1 aliphatic heterocycles. The highest BCUT2D eigenvalue weighted by Gasteiger charge is 2.21. The van der Waals surface area contributed by atoms with Gasteiger partial charge in [0.05, 0.1) is 33.8 Å². The molecule has 13 heteroatoms. The number of esters is 1. The van der Waals surface area contributed by atoms with E-state index in [1.807, 2.05) is 18.2 Å². The van der Waals surface area contributed by atoms with Crippen molar-refractivity contribution in [1.82, 2.24) is 9.47 Å². The lowest BCUT2D eigenvalue weighted by Gasteiger charge is -2.36. The van der Waals surface area contributed by atoms with Crippen molar-refractivity contribution in [3.05, 3.63) is 63.4 Å². The van der Waals surface area contributed by atoms with Crippen molar-refractivity contribution in [1.29, 1.82) is 0 Å². The number of thiazole rings is 1. The Hall–Kier alpha value is -3.71. The van der Waals surface area contributed by atoms with E-state index in [1.165, 1.54) is 41.6 Å². The Morgan fingerprint density at radius 1 is 1.08 bits per heavy atom. The molecule has 0 unspecified atom stereocenters. The normalized spacial score (nSPS) is 14.1. The first-order chi connectivity index (χ1) is 17.9. The number of fused-ring (bicyclic) bond motifs is 1. The van der Waals surface area contributed by atoms with Gasteiger partial charge in [0.25, 0.3) is 11.6 Å². The maximum absolute atomic E-state index is 12.6. The Kier molecular flexibility index (Phi) is 8.56. The minimum Gasteiger partial charge on any atom is -0.468 e. The summed E-state index contributed by atoms with van der Waals surface area (Å²) in [5, 5.41) is 11.1. The SMILES string of the molecule is COC(=O)Cn1c(=NC(=O)CSCC(=O)N2CCN(c3ccccc3)CC2)sc2cc([N+](=O)[O-])ccc21. The van der Waals surface area contributed by atoms with E-state index >= 15 is 0 Å². The van der Waals surface area contributed by atoms with Crippen LogP contribution in [0.1, 0.15) is 0 Å². The average molecular weight is 544 g/mol. The topological polar surface area (TPSA) is 127 Å². The first kappa shape index (κ1) is 26.4. The van der Waals surface area contributed by atoms with Crippen LogP contribution < -0.4 is 9.70 Å². The standard InChI is InChI=1S/C24H25N5O6S2/c1-35-23(32)14-28-19-8-7-18(29(33)34)13-20(19)37-24(28)25-21(30)15-36-16-22(31)27-11-9-26(10-12-27)17-5-3-2-4-6-17/h2-8,13H,9-12,14-16H2,1H3. The van der Waals surface area contributed by atoms with Crippen LogP contribution in [0, 0.1) is 10.1 Å². The summed E-state index contributed by atoms with van der Waals surface area (Å²) in [5.74, 6) is -0.888. The third-order valence-corrected chi connectivity index (χ3v) is 7.76. The molecule has 11 nitrogen and oxygen atoms in total. The van der Waals surface area contributed by atoms with Crippen LogP contribution in [0.4, 0.5) is 11.4 Å². The number of benzene rings is 2. The summed E-state index contributed by atoms with van der Waals surface area (Å²) in [6.45, 7) is 2.54. The smallest absolute Gasteiger partial charge is 0.325 e. The van der Waals surface area contributed by atoms with E-state index in [0.29, 0.717) is 23.3 Å². The van der Waals surface area contributed by atoms with Crippen LogP contribution in [0.3, 0.4) is 0 Å². The number of methoxy groups -OCH3 is 1. The van der Waals surface area contributed by atoms with Crippen molar-refractivity contribution in [2.75, 3.05) is 49.7 Å². The monoisotopic (exact) mass is 543 g/mol. The number of amides is 2. The van der Waals surface area contributed by atoms with Crippen molar-refractivity contribution in [2.45, 2.75) is 6.54 Å². The number of ether oxygens (including phenoxy) is 1. The molecule has 0 spiro atoms. The van der Waals surface area contributed by atoms with E-state index in [4.69, 9.17) is 4.74 Å². The largest absolute Gasteiger partial charge is 0.468 e. The second-order valence-corrected chi connectivity index (χ2v) is 10.2. The molecule has 194 valence electrons. The van der Waals surface area contributed by atoms with Gasteiger partial charge in [-0.1, -0.05) is 29.5 Å². The Labute approximate surface area is 220 Å². The van der Waals surface area contributed by atoms with Gasteiger partial charge in [-0.25, -0.2) is 0 Å². The minimum absolute atomic E-state index is 0.0116. The number of piperazine rings is 1. The van der Waals surface area contributed by atoms with E-state index in [-0.39, 0.29) is 34.4 Å². The van der Waals surface area contributed by atoms with Gasteiger partial charge in [0.15, 0.2) is 4.80 Å². The molecule has 0 saturated carbocycles. The van der Waals surface area contributed by atoms with Gasteiger partial charge < -0.3 is 19.1 Å². The van der Waals surface area contributed by atoms with Gasteiger partial charge in [-0.2, -0.15) is 4.99 Å². The Morgan fingerprint density at radius 2 is 1.81 bits per heavy atom. The fraction of sp³-hybridized carbons (Fsp3) is 0.333. The number of anilines is 1. The molecule has 4 rings (SSSR count). The molecule has 1 saturated heterocycles. The molecular formula is C24H25N5O6S2. The van der Waals surface area contributed by atoms with Crippen molar-refractivity contribution < 1.29 is 24.0 Å². The van der Waals surface area contributed by atoms with Crippen LogP contribution in [-0.4, -0.2) is 77.0 Å². The lowest BCUT2D eigenvalue weighted by Crippen LogP contribution is -2.49. The number of hydrogen-bond acceptors (Lipinski definition) is 9. The number of thioether (sulfide) groups is 1. The Balaban J connectivity index is 1.37. The highest BCUT2D eigenvalue weighted by atomic mass is 32.2. The number of nitrogens with zero attached hydrogens (tertiary/aromatic N) is 5. The lowest BCUT2D eigenvalue weighted by molar-refractivity contribution is -0.384. The maximum atomic E-state index is 12.6. The fourth-order valence-corrected chi connectivity index (χ4v) is 5.69. The van der Waals surface area contributed by atoms with Crippen LogP contribution >= 0.6 is 23.1 Å². The molecule has 1 fully saturated rings. The molecule has 0 N–H and O–H groups in total. The van der Waals surface area contributed by atoms with Gasteiger partial charge in [-0.3, -0.25) is 24.5 Å². The van der Waals surface area contributed by atoms with Crippen molar-refractivity contribution >= 4 is 62.5 Å². The molecule has 2 heterocycles. The first-order valence-corrected chi connectivity index (χ1v) is 13.4. The average Bonchev–Trinajstić information content (AvgIpc) is 3.24. The zero-order valence-corrected chi connectivity index (χ0v) is 21.7. The van der Waals surface area contributed by atoms with E-state index in [1.54, 1.807) is 4.90 Å². The second-order valence-electron chi connectivity index (χ2n) is 8.16. The van der Waals surface area contributed by atoms with E-state index in [0.717, 1.165) is 30.1 Å². The number of non-ortho nitro benzene ring substituents is 1. The molecule has 0 radical (unpaired) electrons. The van der Waals surface area contributed by atoms with Gasteiger partial charge in [0.2, 0.25) is 5.91 Å². The number of carbonyl (C=O) groups is 3. The second kappa shape index (κ2) is 12.0. The molecule has 1 aromatic heterocycles. The summed E-state index contributed by atoms with van der Waals surface area (Å²) in [7, 11) is 1.25. The molecule has 0 aliphatic carbocycles. The van der Waals surface area contributed by atoms with Gasteiger partial charge in [0.1, 0.15) is 6.54 Å². The summed E-state index contributed by atoms with van der Waals surface area (Å²) in [4.78, 5) is 56.1. The van der Waals surface area contributed by atoms with Crippen LogP contribution in [-0.2, 0) is 25.7 Å². The Morgan fingerprint density at radius 3 is 2.49 bits per heavy atom. The predicted octanol–water partition coefficient (Wildman–Crippen LogP) is 2.29. The van der Waals surface area contributed by atoms with Crippen LogP contribution in [0.5, 0.6) is 0 Å². The highest BCUT2D eigenvalue weighted by Crippen LogP contribution is 2.23. The quantitative estimate of drug-likeness (QED) is 0.241. The molecule has 0 atom stereocenters. The van der Waals surface area contributed by atoms with E-state index in [2.05, 4.69) is 22.0 Å². The number of carbonyl (C=O) groups excluding carboxylic acids is 3. The zero-order valence-electron chi connectivity index (χ0n) is 20.1. The van der Waals surface area contributed by atoms with Crippen molar-refractivity contribution in [3.63, 3.8) is 0 Å².